The van der Waals surface area contributed by atoms with Gasteiger partial charge in [-0.25, -0.2) is 4.79 Å². The van der Waals surface area contributed by atoms with Crippen LogP contribution in [-0.2, 0) is 10.9 Å². The van der Waals surface area contributed by atoms with Gasteiger partial charge in [0, 0.05) is 35.5 Å². The van der Waals surface area contributed by atoms with Crippen LogP contribution in [0.5, 0.6) is 0 Å². The molecule has 0 bridgehead atoms. The SMILES string of the molecule is CC(C)(C)OC(=O)N1CC[C@H](Nc2nnc(-c3ccc(C(F)(F)F)cc3)c3ccccc23)C1. The van der Waals surface area contributed by atoms with Crippen LogP contribution < -0.4 is 5.32 Å². The molecule has 3 aromatic rings. The maximum absolute atomic E-state index is 12.9. The van der Waals surface area contributed by atoms with Crippen molar-refractivity contribution >= 4 is 22.7 Å². The Morgan fingerprint density at radius 1 is 1.03 bits per heavy atom. The highest BCUT2D eigenvalue weighted by Crippen LogP contribution is 2.34. The second kappa shape index (κ2) is 8.53. The van der Waals surface area contributed by atoms with Crippen LogP contribution in [0.1, 0.15) is 32.8 Å². The van der Waals surface area contributed by atoms with Crippen molar-refractivity contribution in [3.63, 3.8) is 0 Å². The van der Waals surface area contributed by atoms with Gasteiger partial charge >= 0.3 is 12.3 Å². The lowest BCUT2D eigenvalue weighted by Crippen LogP contribution is -2.36. The number of likely N-dealkylation sites (tertiary alicyclic amines) is 1. The molecule has 33 heavy (non-hydrogen) atoms. The van der Waals surface area contributed by atoms with Crippen molar-refractivity contribution in [1.82, 2.24) is 15.1 Å². The Kier molecular flexibility index (Phi) is 5.90. The molecule has 1 amide bonds. The summed E-state index contributed by atoms with van der Waals surface area (Å²) in [6.07, 6.45) is -4.01. The number of ether oxygens (including phenoxy) is 1. The molecule has 2 heterocycles. The number of carbonyl (C=O) groups excluding carboxylic acids is 1. The molecule has 1 fully saturated rings. The van der Waals surface area contributed by atoms with Crippen LogP contribution in [0, 0.1) is 0 Å². The molecule has 1 atom stereocenters. The monoisotopic (exact) mass is 458 g/mol. The summed E-state index contributed by atoms with van der Waals surface area (Å²) in [7, 11) is 0. The number of halogens is 3. The minimum atomic E-state index is -4.39. The van der Waals surface area contributed by atoms with Gasteiger partial charge in [-0.1, -0.05) is 36.4 Å². The summed E-state index contributed by atoms with van der Waals surface area (Å²) < 4.78 is 44.2. The van der Waals surface area contributed by atoms with E-state index in [9.17, 15) is 18.0 Å². The quantitative estimate of drug-likeness (QED) is 0.542. The highest BCUT2D eigenvalue weighted by Gasteiger charge is 2.31. The summed E-state index contributed by atoms with van der Waals surface area (Å²) in [5.74, 6) is 0.567. The maximum Gasteiger partial charge on any atom is 0.416 e. The number of anilines is 1. The van der Waals surface area contributed by atoms with E-state index in [-0.39, 0.29) is 12.1 Å². The Morgan fingerprint density at radius 3 is 2.33 bits per heavy atom. The number of amides is 1. The molecule has 4 rings (SSSR count). The van der Waals surface area contributed by atoms with Gasteiger partial charge in [-0.15, -0.1) is 10.2 Å². The highest BCUT2D eigenvalue weighted by molar-refractivity contribution is 6.00. The first kappa shape index (κ1) is 22.8. The van der Waals surface area contributed by atoms with E-state index >= 15 is 0 Å². The number of rotatable bonds is 3. The van der Waals surface area contributed by atoms with Gasteiger partial charge in [-0.2, -0.15) is 13.2 Å². The number of nitrogens with zero attached hydrogens (tertiary/aromatic N) is 3. The van der Waals surface area contributed by atoms with Gasteiger partial charge in [0.15, 0.2) is 5.82 Å². The van der Waals surface area contributed by atoms with E-state index in [1.807, 2.05) is 45.0 Å². The van der Waals surface area contributed by atoms with Gasteiger partial charge in [0.2, 0.25) is 0 Å². The summed E-state index contributed by atoms with van der Waals surface area (Å²) in [6.45, 7) is 6.54. The van der Waals surface area contributed by atoms with Crippen molar-refractivity contribution in [2.45, 2.75) is 45.0 Å². The van der Waals surface area contributed by atoms with E-state index in [0.717, 1.165) is 29.3 Å². The smallest absolute Gasteiger partial charge is 0.416 e. The predicted octanol–water partition coefficient (Wildman–Crippen LogP) is 5.74. The minimum absolute atomic E-state index is 0.0212. The zero-order chi connectivity index (χ0) is 23.8. The fraction of sp³-hybridized carbons (Fsp3) is 0.375. The zero-order valence-corrected chi connectivity index (χ0v) is 18.6. The molecular weight excluding hydrogens is 433 g/mol. The van der Waals surface area contributed by atoms with Crippen molar-refractivity contribution in [2.75, 3.05) is 18.4 Å². The molecule has 6 nitrogen and oxygen atoms in total. The van der Waals surface area contributed by atoms with Crippen LogP contribution in [0.15, 0.2) is 48.5 Å². The molecule has 1 aliphatic heterocycles. The van der Waals surface area contributed by atoms with Gasteiger partial charge < -0.3 is 15.0 Å². The van der Waals surface area contributed by atoms with Crippen molar-refractivity contribution in [1.29, 1.82) is 0 Å². The topological polar surface area (TPSA) is 67.3 Å². The highest BCUT2D eigenvalue weighted by atomic mass is 19.4. The molecule has 1 aliphatic rings. The number of nitrogens with one attached hydrogen (secondary N) is 1. The molecule has 0 saturated carbocycles. The number of hydrogen-bond acceptors (Lipinski definition) is 5. The fourth-order valence-electron chi connectivity index (χ4n) is 3.80. The molecule has 174 valence electrons. The summed E-state index contributed by atoms with van der Waals surface area (Å²) in [4.78, 5) is 14.0. The predicted molar refractivity (Wildman–Crippen MR) is 120 cm³/mol. The van der Waals surface area contributed by atoms with E-state index in [1.165, 1.54) is 12.1 Å². The number of fused-ring (bicyclic) bond motifs is 1. The normalized spacial score (nSPS) is 16.8. The van der Waals surface area contributed by atoms with Crippen LogP contribution in [0.4, 0.5) is 23.8 Å². The molecule has 1 saturated heterocycles. The number of carbonyl (C=O) groups is 1. The molecule has 9 heteroatoms. The molecule has 1 aromatic heterocycles. The number of benzene rings is 2. The fourth-order valence-corrected chi connectivity index (χ4v) is 3.80. The van der Waals surface area contributed by atoms with Gasteiger partial charge in [-0.05, 0) is 39.3 Å². The number of alkyl halides is 3. The largest absolute Gasteiger partial charge is 0.444 e. The molecule has 2 aromatic carbocycles. The molecular formula is C24H25F3N4O2. The third kappa shape index (κ3) is 5.18. The Bertz CT molecular complexity index is 1160. The first-order valence-corrected chi connectivity index (χ1v) is 10.7. The van der Waals surface area contributed by atoms with Gasteiger partial charge in [0.1, 0.15) is 11.3 Å². The van der Waals surface area contributed by atoms with Crippen LogP contribution in [0.2, 0.25) is 0 Å². The lowest BCUT2D eigenvalue weighted by molar-refractivity contribution is -0.137. The minimum Gasteiger partial charge on any atom is -0.444 e. The lowest BCUT2D eigenvalue weighted by atomic mass is 10.0. The van der Waals surface area contributed by atoms with Crippen LogP contribution in [0.25, 0.3) is 22.0 Å². The summed E-state index contributed by atoms with van der Waals surface area (Å²) >= 11 is 0. The van der Waals surface area contributed by atoms with E-state index in [1.54, 1.807) is 4.90 Å². The summed E-state index contributed by atoms with van der Waals surface area (Å²) in [5, 5.41) is 13.6. The lowest BCUT2D eigenvalue weighted by Gasteiger charge is -2.24. The first-order valence-electron chi connectivity index (χ1n) is 10.7. The van der Waals surface area contributed by atoms with E-state index < -0.39 is 17.3 Å². The zero-order valence-electron chi connectivity index (χ0n) is 18.6. The first-order chi connectivity index (χ1) is 15.5. The summed E-state index contributed by atoms with van der Waals surface area (Å²) in [6, 6.07) is 12.3. The standard InChI is InChI=1S/C24H25F3N4O2/c1-23(2,3)33-22(32)31-13-12-17(14-31)28-21-19-7-5-4-6-18(19)20(29-30-21)15-8-10-16(11-9-15)24(25,26)27/h4-11,17H,12-14H2,1-3H3,(H,28,30)/t17-/m0/s1. The van der Waals surface area contributed by atoms with E-state index in [0.29, 0.717) is 30.2 Å². The van der Waals surface area contributed by atoms with Crippen LogP contribution >= 0.6 is 0 Å². The van der Waals surface area contributed by atoms with Crippen molar-refractivity contribution in [3.05, 3.63) is 54.1 Å². The third-order valence-electron chi connectivity index (χ3n) is 5.35. The number of aromatic nitrogens is 2. The maximum atomic E-state index is 12.9. The molecule has 0 spiro atoms. The Balaban J connectivity index is 1.56. The van der Waals surface area contributed by atoms with Crippen LogP contribution in [-0.4, -0.2) is 45.9 Å². The van der Waals surface area contributed by atoms with Crippen molar-refractivity contribution in [2.24, 2.45) is 0 Å². The Hall–Kier alpha value is -3.36. The van der Waals surface area contributed by atoms with Crippen molar-refractivity contribution in [3.8, 4) is 11.3 Å². The van der Waals surface area contributed by atoms with E-state index in [4.69, 9.17) is 4.74 Å². The average Bonchev–Trinajstić information content (AvgIpc) is 3.21. The Morgan fingerprint density at radius 2 is 1.70 bits per heavy atom. The molecule has 0 unspecified atom stereocenters. The third-order valence-corrected chi connectivity index (χ3v) is 5.35. The van der Waals surface area contributed by atoms with Crippen LogP contribution in [0.3, 0.4) is 0 Å². The molecule has 0 aliphatic carbocycles. The average molecular weight is 458 g/mol. The molecule has 1 N–H and O–H groups in total. The Labute approximate surface area is 189 Å². The van der Waals surface area contributed by atoms with Gasteiger partial charge in [0.05, 0.1) is 5.56 Å². The van der Waals surface area contributed by atoms with Gasteiger partial charge in [0.25, 0.3) is 0 Å². The second-order valence-electron chi connectivity index (χ2n) is 9.07. The van der Waals surface area contributed by atoms with Crippen molar-refractivity contribution < 1.29 is 22.7 Å². The number of hydrogen-bond donors (Lipinski definition) is 1. The second-order valence-corrected chi connectivity index (χ2v) is 9.07. The molecule has 0 radical (unpaired) electrons. The summed E-state index contributed by atoms with van der Waals surface area (Å²) in [5.41, 5.74) is -0.210. The van der Waals surface area contributed by atoms with Gasteiger partial charge in [-0.3, -0.25) is 0 Å². The van der Waals surface area contributed by atoms with E-state index in [2.05, 4.69) is 15.5 Å².